The molecule has 2 amide bonds. The number of carbonyl (C=O) groups is 2. The van der Waals surface area contributed by atoms with E-state index < -0.39 is 0 Å². The van der Waals surface area contributed by atoms with Crippen molar-refractivity contribution >= 4 is 11.8 Å². The van der Waals surface area contributed by atoms with E-state index in [1.807, 2.05) is 13.8 Å². The van der Waals surface area contributed by atoms with E-state index in [9.17, 15) is 9.59 Å². The fourth-order valence-electron chi connectivity index (χ4n) is 1.46. The van der Waals surface area contributed by atoms with Gasteiger partial charge in [0.2, 0.25) is 11.8 Å². The molecule has 0 aromatic heterocycles. The van der Waals surface area contributed by atoms with E-state index >= 15 is 0 Å². The molecule has 1 aliphatic heterocycles. The third kappa shape index (κ3) is 3.46. The Kier molecular flexibility index (Phi) is 4.07. The van der Waals surface area contributed by atoms with Crippen molar-refractivity contribution in [3.63, 3.8) is 0 Å². The van der Waals surface area contributed by atoms with Crippen molar-refractivity contribution in [2.24, 2.45) is 5.92 Å². The van der Waals surface area contributed by atoms with Gasteiger partial charge in [-0.3, -0.25) is 14.9 Å². The summed E-state index contributed by atoms with van der Waals surface area (Å²) >= 11 is 0. The van der Waals surface area contributed by atoms with Gasteiger partial charge in [-0.15, -0.1) is 0 Å². The van der Waals surface area contributed by atoms with Crippen molar-refractivity contribution in [3.05, 3.63) is 0 Å². The zero-order valence-electron chi connectivity index (χ0n) is 8.71. The lowest BCUT2D eigenvalue weighted by atomic mass is 9.95. The van der Waals surface area contributed by atoms with Crippen molar-refractivity contribution in [2.75, 3.05) is 6.61 Å². The zero-order valence-corrected chi connectivity index (χ0v) is 8.71. The highest BCUT2D eigenvalue weighted by atomic mass is 16.5. The molecule has 0 saturated carbocycles. The van der Waals surface area contributed by atoms with E-state index in [2.05, 4.69) is 5.32 Å². The number of ether oxygens (including phenoxy) is 1. The minimum atomic E-state index is -0.156. The zero-order chi connectivity index (χ0) is 10.6. The monoisotopic (exact) mass is 199 g/mol. The fourth-order valence-corrected chi connectivity index (χ4v) is 1.46. The van der Waals surface area contributed by atoms with Gasteiger partial charge >= 0.3 is 0 Å². The van der Waals surface area contributed by atoms with Gasteiger partial charge in [0.15, 0.2) is 0 Å². The number of amides is 2. The Balaban J connectivity index is 2.24. The van der Waals surface area contributed by atoms with Crippen molar-refractivity contribution in [1.82, 2.24) is 5.32 Å². The van der Waals surface area contributed by atoms with E-state index in [4.69, 9.17) is 4.74 Å². The van der Waals surface area contributed by atoms with Crippen LogP contribution in [0.3, 0.4) is 0 Å². The summed E-state index contributed by atoms with van der Waals surface area (Å²) in [6.07, 6.45) is 2.02. The average molecular weight is 199 g/mol. The number of carbonyl (C=O) groups excluding carboxylic acids is 2. The second kappa shape index (κ2) is 5.10. The smallest absolute Gasteiger partial charge is 0.229 e. The van der Waals surface area contributed by atoms with E-state index in [0.717, 1.165) is 0 Å². The summed E-state index contributed by atoms with van der Waals surface area (Å²) < 4.78 is 5.35. The number of piperidine rings is 1. The maximum absolute atomic E-state index is 11.3. The Labute approximate surface area is 84.0 Å². The van der Waals surface area contributed by atoms with E-state index in [1.54, 1.807) is 0 Å². The van der Waals surface area contributed by atoms with Crippen LogP contribution in [0, 0.1) is 5.92 Å². The van der Waals surface area contributed by atoms with Crippen molar-refractivity contribution in [1.29, 1.82) is 0 Å². The predicted molar refractivity (Wildman–Crippen MR) is 51.6 cm³/mol. The Hall–Kier alpha value is -0.900. The highest BCUT2D eigenvalue weighted by Crippen LogP contribution is 2.16. The molecular weight excluding hydrogens is 182 g/mol. The molecule has 1 rings (SSSR count). The molecular formula is C10H17NO3. The molecule has 1 atom stereocenters. The van der Waals surface area contributed by atoms with Crippen molar-refractivity contribution in [2.45, 2.75) is 39.2 Å². The largest absolute Gasteiger partial charge is 0.379 e. The fraction of sp³-hybridized carbons (Fsp3) is 0.800. The predicted octanol–water partition coefficient (Wildman–Crippen LogP) is 0.854. The van der Waals surface area contributed by atoms with Crippen LogP contribution < -0.4 is 5.32 Å². The van der Waals surface area contributed by atoms with Crippen LogP contribution in [0.15, 0.2) is 0 Å². The standard InChI is InChI=1S/C10H17NO3/c1-7(2)14-6-5-8-3-4-9(12)11-10(8)13/h7-8H,3-6H2,1-2H3,(H,11,12,13). The van der Waals surface area contributed by atoms with Gasteiger partial charge in [-0.25, -0.2) is 0 Å². The van der Waals surface area contributed by atoms with Crippen LogP contribution in [0.25, 0.3) is 0 Å². The molecule has 1 N–H and O–H groups in total. The molecule has 4 nitrogen and oxygen atoms in total. The Bertz CT molecular complexity index is 225. The summed E-state index contributed by atoms with van der Waals surface area (Å²) in [4.78, 5) is 22.1. The third-order valence-corrected chi connectivity index (χ3v) is 2.27. The van der Waals surface area contributed by atoms with Crippen LogP contribution >= 0.6 is 0 Å². The summed E-state index contributed by atoms with van der Waals surface area (Å²) in [5.74, 6) is -0.351. The first kappa shape index (κ1) is 11.2. The molecule has 0 bridgehead atoms. The SMILES string of the molecule is CC(C)OCCC1CCC(=O)NC1=O. The first-order valence-corrected chi connectivity index (χ1v) is 5.05. The van der Waals surface area contributed by atoms with Gasteiger partial charge in [-0.2, -0.15) is 0 Å². The summed E-state index contributed by atoms with van der Waals surface area (Å²) in [5, 5.41) is 2.33. The molecule has 0 aliphatic carbocycles. The molecule has 1 aliphatic rings. The van der Waals surface area contributed by atoms with Crippen LogP contribution in [0.4, 0.5) is 0 Å². The van der Waals surface area contributed by atoms with Crippen molar-refractivity contribution in [3.8, 4) is 0 Å². The summed E-state index contributed by atoms with van der Waals surface area (Å²) in [6, 6.07) is 0. The van der Waals surface area contributed by atoms with Crippen LogP contribution in [0.2, 0.25) is 0 Å². The second-order valence-corrected chi connectivity index (χ2v) is 3.86. The van der Waals surface area contributed by atoms with Gasteiger partial charge in [-0.1, -0.05) is 0 Å². The van der Waals surface area contributed by atoms with Crippen LogP contribution in [0.1, 0.15) is 33.1 Å². The number of nitrogens with one attached hydrogen (secondary N) is 1. The normalized spacial score (nSPS) is 22.6. The highest BCUT2D eigenvalue weighted by Gasteiger charge is 2.25. The first-order chi connectivity index (χ1) is 6.59. The number of hydrogen-bond acceptors (Lipinski definition) is 3. The third-order valence-electron chi connectivity index (χ3n) is 2.27. The molecule has 0 radical (unpaired) electrons. The highest BCUT2D eigenvalue weighted by molar-refractivity contribution is 5.98. The lowest BCUT2D eigenvalue weighted by molar-refractivity contribution is -0.137. The summed E-state index contributed by atoms with van der Waals surface area (Å²) in [6.45, 7) is 4.51. The number of imide groups is 1. The maximum Gasteiger partial charge on any atom is 0.229 e. The Morgan fingerprint density at radius 2 is 2.21 bits per heavy atom. The Morgan fingerprint density at radius 3 is 2.79 bits per heavy atom. The maximum atomic E-state index is 11.3. The number of hydrogen-bond donors (Lipinski definition) is 1. The lowest BCUT2D eigenvalue weighted by Crippen LogP contribution is -2.41. The molecule has 0 aromatic carbocycles. The van der Waals surface area contributed by atoms with Gasteiger partial charge in [-0.05, 0) is 26.7 Å². The molecule has 1 saturated heterocycles. The van der Waals surface area contributed by atoms with Gasteiger partial charge in [0.1, 0.15) is 0 Å². The topological polar surface area (TPSA) is 55.4 Å². The molecule has 1 fully saturated rings. The van der Waals surface area contributed by atoms with Crippen LogP contribution in [0.5, 0.6) is 0 Å². The van der Waals surface area contributed by atoms with Gasteiger partial charge in [0, 0.05) is 18.9 Å². The van der Waals surface area contributed by atoms with Gasteiger partial charge in [0.05, 0.1) is 6.10 Å². The Morgan fingerprint density at radius 1 is 1.50 bits per heavy atom. The van der Waals surface area contributed by atoms with Gasteiger partial charge in [0.25, 0.3) is 0 Å². The first-order valence-electron chi connectivity index (χ1n) is 5.05. The summed E-state index contributed by atoms with van der Waals surface area (Å²) in [5.41, 5.74) is 0. The van der Waals surface area contributed by atoms with Crippen molar-refractivity contribution < 1.29 is 14.3 Å². The van der Waals surface area contributed by atoms with Crippen LogP contribution in [-0.4, -0.2) is 24.5 Å². The quantitative estimate of drug-likeness (QED) is 0.683. The molecule has 14 heavy (non-hydrogen) atoms. The average Bonchev–Trinajstić information content (AvgIpc) is 2.08. The number of rotatable bonds is 4. The second-order valence-electron chi connectivity index (χ2n) is 3.86. The minimum Gasteiger partial charge on any atom is -0.379 e. The minimum absolute atomic E-state index is 0.0496. The molecule has 4 heteroatoms. The molecule has 80 valence electrons. The molecule has 0 spiro atoms. The molecule has 0 aromatic rings. The van der Waals surface area contributed by atoms with Gasteiger partial charge < -0.3 is 4.74 Å². The van der Waals surface area contributed by atoms with Crippen LogP contribution in [-0.2, 0) is 14.3 Å². The molecule has 1 heterocycles. The van der Waals surface area contributed by atoms with E-state index in [-0.39, 0.29) is 23.8 Å². The molecule has 1 unspecified atom stereocenters. The van der Waals surface area contributed by atoms with E-state index in [0.29, 0.717) is 25.9 Å². The summed E-state index contributed by atoms with van der Waals surface area (Å²) in [7, 11) is 0. The van der Waals surface area contributed by atoms with E-state index in [1.165, 1.54) is 0 Å². The lowest BCUT2D eigenvalue weighted by Gasteiger charge is -2.20.